The van der Waals surface area contributed by atoms with Crippen molar-refractivity contribution in [2.45, 2.75) is 45.4 Å². The van der Waals surface area contributed by atoms with Gasteiger partial charge < -0.3 is 10.0 Å². The molecule has 0 aromatic rings. The Morgan fingerprint density at radius 2 is 1.89 bits per heavy atom. The summed E-state index contributed by atoms with van der Waals surface area (Å²) < 4.78 is 0. The minimum Gasteiger partial charge on any atom is -0.480 e. The molecular formula is C14H23NO3. The van der Waals surface area contributed by atoms with Gasteiger partial charge in [-0.2, -0.15) is 0 Å². The number of likely N-dealkylation sites (N-methyl/N-ethyl adjacent to an activating group) is 1. The number of amides is 1. The monoisotopic (exact) mass is 253 g/mol. The van der Waals surface area contributed by atoms with Crippen LogP contribution in [0.25, 0.3) is 0 Å². The molecule has 2 unspecified atom stereocenters. The molecule has 18 heavy (non-hydrogen) atoms. The number of carboxylic acid groups (broad SMARTS) is 1. The summed E-state index contributed by atoms with van der Waals surface area (Å²) in [5, 5.41) is 8.79. The van der Waals surface area contributed by atoms with Crippen molar-refractivity contribution in [1.82, 2.24) is 4.90 Å². The van der Waals surface area contributed by atoms with Crippen LogP contribution in [0.3, 0.4) is 0 Å². The number of carbonyl (C=O) groups excluding carboxylic acids is 1. The van der Waals surface area contributed by atoms with Crippen LogP contribution in [0.15, 0.2) is 0 Å². The standard InChI is InChI=1S/C14H23NO3/c1-2-15(9-13(16)17)14(18)12-8-11(12)10-6-4-3-5-7-10/h10-12H,2-9H2,1H3,(H,16,17). The average molecular weight is 253 g/mol. The molecule has 1 N–H and O–H groups in total. The highest BCUT2D eigenvalue weighted by Crippen LogP contribution is 2.50. The van der Waals surface area contributed by atoms with Gasteiger partial charge in [0.2, 0.25) is 5.91 Å². The van der Waals surface area contributed by atoms with Gasteiger partial charge in [0.25, 0.3) is 0 Å². The second-order valence-electron chi connectivity index (χ2n) is 5.65. The minimum atomic E-state index is -0.917. The number of rotatable bonds is 5. The fourth-order valence-electron chi connectivity index (χ4n) is 3.33. The summed E-state index contributed by atoms with van der Waals surface area (Å²) in [5.41, 5.74) is 0. The smallest absolute Gasteiger partial charge is 0.323 e. The Morgan fingerprint density at radius 3 is 2.44 bits per heavy atom. The molecule has 0 heterocycles. The van der Waals surface area contributed by atoms with E-state index >= 15 is 0 Å². The Balaban J connectivity index is 1.85. The van der Waals surface area contributed by atoms with Gasteiger partial charge in [-0.05, 0) is 25.2 Å². The zero-order valence-corrected chi connectivity index (χ0v) is 11.1. The normalized spacial score (nSPS) is 27.8. The van der Waals surface area contributed by atoms with Crippen LogP contribution in [-0.2, 0) is 9.59 Å². The number of carboxylic acids is 1. The maximum atomic E-state index is 12.2. The molecule has 0 radical (unpaired) electrons. The molecule has 2 saturated carbocycles. The molecule has 2 aliphatic rings. The number of carbonyl (C=O) groups is 2. The molecule has 0 aromatic heterocycles. The van der Waals surface area contributed by atoms with Gasteiger partial charge in [-0.1, -0.05) is 32.1 Å². The molecule has 2 rings (SSSR count). The summed E-state index contributed by atoms with van der Waals surface area (Å²) in [4.78, 5) is 24.4. The van der Waals surface area contributed by atoms with E-state index in [4.69, 9.17) is 5.11 Å². The van der Waals surface area contributed by atoms with E-state index in [0.29, 0.717) is 12.5 Å². The first-order valence-electron chi connectivity index (χ1n) is 7.14. The molecular weight excluding hydrogens is 230 g/mol. The fourth-order valence-corrected chi connectivity index (χ4v) is 3.33. The van der Waals surface area contributed by atoms with Gasteiger partial charge in [-0.25, -0.2) is 0 Å². The van der Waals surface area contributed by atoms with E-state index in [-0.39, 0.29) is 18.4 Å². The number of hydrogen-bond donors (Lipinski definition) is 1. The Hall–Kier alpha value is -1.06. The third-order valence-electron chi connectivity index (χ3n) is 4.43. The topological polar surface area (TPSA) is 57.6 Å². The highest BCUT2D eigenvalue weighted by Gasteiger charge is 2.48. The van der Waals surface area contributed by atoms with Crippen LogP contribution in [0.1, 0.15) is 45.4 Å². The highest BCUT2D eigenvalue weighted by atomic mass is 16.4. The van der Waals surface area contributed by atoms with Crippen LogP contribution in [0, 0.1) is 17.8 Å². The molecule has 0 bridgehead atoms. The lowest BCUT2D eigenvalue weighted by Crippen LogP contribution is -2.37. The van der Waals surface area contributed by atoms with Crippen molar-refractivity contribution < 1.29 is 14.7 Å². The molecule has 4 heteroatoms. The van der Waals surface area contributed by atoms with Crippen LogP contribution in [0.5, 0.6) is 0 Å². The molecule has 2 fully saturated rings. The van der Waals surface area contributed by atoms with E-state index in [2.05, 4.69) is 0 Å². The third kappa shape index (κ3) is 3.03. The minimum absolute atomic E-state index is 0.0653. The zero-order chi connectivity index (χ0) is 13.1. The molecule has 2 aliphatic carbocycles. The summed E-state index contributed by atoms with van der Waals surface area (Å²) in [6.07, 6.45) is 7.45. The second kappa shape index (κ2) is 5.72. The summed E-state index contributed by atoms with van der Waals surface area (Å²) in [7, 11) is 0. The van der Waals surface area contributed by atoms with Crippen LogP contribution in [-0.4, -0.2) is 35.0 Å². The number of aliphatic carboxylic acids is 1. The summed E-state index contributed by atoms with van der Waals surface area (Å²) in [6, 6.07) is 0. The predicted octanol–water partition coefficient (Wildman–Crippen LogP) is 2.14. The van der Waals surface area contributed by atoms with Gasteiger partial charge in [0.05, 0.1) is 0 Å². The molecule has 0 aliphatic heterocycles. The van der Waals surface area contributed by atoms with Crippen molar-refractivity contribution >= 4 is 11.9 Å². The van der Waals surface area contributed by atoms with E-state index < -0.39 is 5.97 Å². The lowest BCUT2D eigenvalue weighted by atomic mass is 9.85. The van der Waals surface area contributed by atoms with Crippen molar-refractivity contribution in [3.05, 3.63) is 0 Å². The second-order valence-corrected chi connectivity index (χ2v) is 5.65. The van der Waals surface area contributed by atoms with Crippen molar-refractivity contribution in [3.63, 3.8) is 0 Å². The fraction of sp³-hybridized carbons (Fsp3) is 0.857. The first-order chi connectivity index (χ1) is 8.63. The summed E-state index contributed by atoms with van der Waals surface area (Å²) in [6.45, 7) is 2.20. The molecule has 0 saturated heterocycles. The van der Waals surface area contributed by atoms with Gasteiger partial charge in [-0.15, -0.1) is 0 Å². The Bertz CT molecular complexity index is 323. The maximum absolute atomic E-state index is 12.2. The van der Waals surface area contributed by atoms with Gasteiger partial charge in [-0.3, -0.25) is 9.59 Å². The third-order valence-corrected chi connectivity index (χ3v) is 4.43. The van der Waals surface area contributed by atoms with E-state index in [1.807, 2.05) is 6.92 Å². The van der Waals surface area contributed by atoms with Gasteiger partial charge in [0.1, 0.15) is 6.54 Å². The van der Waals surface area contributed by atoms with Crippen molar-refractivity contribution in [2.24, 2.45) is 17.8 Å². The van der Waals surface area contributed by atoms with Crippen molar-refractivity contribution in [2.75, 3.05) is 13.1 Å². The maximum Gasteiger partial charge on any atom is 0.323 e. The Morgan fingerprint density at radius 1 is 1.22 bits per heavy atom. The van der Waals surface area contributed by atoms with E-state index in [9.17, 15) is 9.59 Å². The first kappa shape index (κ1) is 13.4. The van der Waals surface area contributed by atoms with Crippen LogP contribution < -0.4 is 0 Å². The van der Waals surface area contributed by atoms with Gasteiger partial charge in [0.15, 0.2) is 0 Å². The van der Waals surface area contributed by atoms with Gasteiger partial charge >= 0.3 is 5.97 Å². The first-order valence-corrected chi connectivity index (χ1v) is 7.14. The number of nitrogens with zero attached hydrogens (tertiary/aromatic N) is 1. The van der Waals surface area contributed by atoms with Gasteiger partial charge in [0, 0.05) is 12.5 Å². The molecule has 2 atom stereocenters. The zero-order valence-electron chi connectivity index (χ0n) is 11.1. The van der Waals surface area contributed by atoms with E-state index in [1.165, 1.54) is 37.0 Å². The van der Waals surface area contributed by atoms with Crippen molar-refractivity contribution in [3.8, 4) is 0 Å². The average Bonchev–Trinajstić information content (AvgIpc) is 3.16. The lowest BCUT2D eigenvalue weighted by Gasteiger charge is -2.23. The van der Waals surface area contributed by atoms with Crippen LogP contribution in [0.4, 0.5) is 0 Å². The predicted molar refractivity (Wildman–Crippen MR) is 68.1 cm³/mol. The SMILES string of the molecule is CCN(CC(=O)O)C(=O)C1CC1C1CCCCC1. The van der Waals surface area contributed by atoms with Crippen LogP contribution >= 0.6 is 0 Å². The Labute approximate surface area is 108 Å². The van der Waals surface area contributed by atoms with Crippen LogP contribution in [0.2, 0.25) is 0 Å². The van der Waals surface area contributed by atoms with Crippen molar-refractivity contribution in [1.29, 1.82) is 0 Å². The molecule has 1 amide bonds. The van der Waals surface area contributed by atoms with E-state index in [1.54, 1.807) is 0 Å². The van der Waals surface area contributed by atoms with E-state index in [0.717, 1.165) is 12.3 Å². The summed E-state index contributed by atoms with van der Waals surface area (Å²) in [5.74, 6) is 0.528. The summed E-state index contributed by atoms with van der Waals surface area (Å²) >= 11 is 0. The quantitative estimate of drug-likeness (QED) is 0.816. The molecule has 4 nitrogen and oxygen atoms in total. The molecule has 102 valence electrons. The largest absolute Gasteiger partial charge is 0.480 e. The number of hydrogen-bond acceptors (Lipinski definition) is 2. The highest BCUT2D eigenvalue weighted by molar-refractivity contribution is 5.85. The lowest BCUT2D eigenvalue weighted by molar-refractivity contribution is -0.145. The Kier molecular flexibility index (Phi) is 4.25. The molecule has 0 spiro atoms. The molecule has 0 aromatic carbocycles.